The van der Waals surface area contributed by atoms with E-state index in [9.17, 15) is 5.11 Å². The second kappa shape index (κ2) is 5.27. The van der Waals surface area contributed by atoms with Crippen molar-refractivity contribution in [3.63, 3.8) is 0 Å². The Balaban J connectivity index is 2.14. The van der Waals surface area contributed by atoms with E-state index in [1.54, 1.807) is 6.07 Å². The first-order chi connectivity index (χ1) is 8.56. The van der Waals surface area contributed by atoms with Gasteiger partial charge < -0.3 is 14.3 Å². The van der Waals surface area contributed by atoms with Gasteiger partial charge in [0.25, 0.3) is 0 Å². The summed E-state index contributed by atoms with van der Waals surface area (Å²) < 4.78 is 11.0. The molecule has 0 saturated heterocycles. The summed E-state index contributed by atoms with van der Waals surface area (Å²) in [7, 11) is 0. The Morgan fingerprint density at radius 3 is 2.22 bits per heavy atom. The molecule has 0 amide bonds. The Hall–Kier alpha value is -1.74. The van der Waals surface area contributed by atoms with Gasteiger partial charge in [-0.25, -0.2) is 0 Å². The van der Waals surface area contributed by atoms with Crippen molar-refractivity contribution in [2.75, 3.05) is 0 Å². The number of aliphatic hydroxyl groups is 1. The van der Waals surface area contributed by atoms with Crippen LogP contribution in [0.2, 0.25) is 0 Å². The molecule has 0 fully saturated rings. The van der Waals surface area contributed by atoms with Gasteiger partial charge >= 0.3 is 0 Å². The Kier molecular flexibility index (Phi) is 3.72. The Morgan fingerprint density at radius 2 is 1.72 bits per heavy atom. The monoisotopic (exact) mass is 246 g/mol. The number of aryl methyl sites for hydroxylation is 1. The first-order valence-corrected chi connectivity index (χ1v) is 6.07. The minimum absolute atomic E-state index is 0.147. The lowest BCUT2D eigenvalue weighted by atomic mass is 10.1. The van der Waals surface area contributed by atoms with Crippen LogP contribution in [0.3, 0.4) is 0 Å². The van der Waals surface area contributed by atoms with Crippen molar-refractivity contribution in [3.8, 4) is 5.75 Å². The largest absolute Gasteiger partial charge is 0.491 e. The van der Waals surface area contributed by atoms with E-state index in [1.807, 2.05) is 51.1 Å². The molecule has 1 aromatic carbocycles. The Bertz CT molecular complexity index is 497. The van der Waals surface area contributed by atoms with Crippen molar-refractivity contribution in [2.45, 2.75) is 33.0 Å². The highest BCUT2D eigenvalue weighted by Gasteiger charge is 2.14. The van der Waals surface area contributed by atoms with E-state index in [0.717, 1.165) is 17.1 Å². The van der Waals surface area contributed by atoms with Gasteiger partial charge in [0.05, 0.1) is 6.10 Å². The standard InChI is InChI=1S/C15H18O3/c1-10(2)17-13-7-5-12(6-8-13)15(16)14-9-4-11(3)18-14/h4-10,15-16H,1-3H3. The fraction of sp³-hybridized carbons (Fsp3) is 0.333. The predicted octanol–water partition coefficient (Wildman–Crippen LogP) is 3.46. The van der Waals surface area contributed by atoms with Gasteiger partial charge in [-0.2, -0.15) is 0 Å². The average Bonchev–Trinajstić information content (AvgIpc) is 2.75. The van der Waals surface area contributed by atoms with E-state index < -0.39 is 6.10 Å². The lowest BCUT2D eigenvalue weighted by Gasteiger charge is -2.12. The first kappa shape index (κ1) is 12.7. The SMILES string of the molecule is Cc1ccc(C(O)c2ccc(OC(C)C)cc2)o1. The molecule has 1 heterocycles. The summed E-state index contributed by atoms with van der Waals surface area (Å²) in [6.45, 7) is 5.82. The topological polar surface area (TPSA) is 42.6 Å². The number of hydrogen-bond acceptors (Lipinski definition) is 3. The third kappa shape index (κ3) is 2.93. The zero-order chi connectivity index (χ0) is 13.1. The molecule has 1 unspecified atom stereocenters. The van der Waals surface area contributed by atoms with Crippen molar-refractivity contribution in [3.05, 3.63) is 53.5 Å². The molecule has 2 rings (SSSR count). The van der Waals surface area contributed by atoms with Crippen molar-refractivity contribution in [2.24, 2.45) is 0 Å². The maximum atomic E-state index is 10.1. The van der Waals surface area contributed by atoms with Gasteiger partial charge in [0.2, 0.25) is 0 Å². The zero-order valence-electron chi connectivity index (χ0n) is 10.9. The number of rotatable bonds is 4. The first-order valence-electron chi connectivity index (χ1n) is 6.07. The molecule has 1 atom stereocenters. The molecule has 2 aromatic rings. The number of aliphatic hydroxyl groups excluding tert-OH is 1. The van der Waals surface area contributed by atoms with Gasteiger partial charge in [0.1, 0.15) is 23.4 Å². The predicted molar refractivity (Wildman–Crippen MR) is 69.7 cm³/mol. The Labute approximate surface area is 107 Å². The van der Waals surface area contributed by atoms with Gasteiger partial charge in [0, 0.05) is 0 Å². The summed E-state index contributed by atoms with van der Waals surface area (Å²) in [6.07, 6.45) is -0.583. The lowest BCUT2D eigenvalue weighted by Crippen LogP contribution is -2.05. The van der Waals surface area contributed by atoms with Crippen molar-refractivity contribution in [1.29, 1.82) is 0 Å². The number of hydrogen-bond donors (Lipinski definition) is 1. The molecule has 0 aliphatic heterocycles. The van der Waals surface area contributed by atoms with Crippen LogP contribution in [0.5, 0.6) is 5.75 Å². The molecule has 0 saturated carbocycles. The van der Waals surface area contributed by atoms with Crippen LogP contribution in [0.1, 0.15) is 37.0 Å². The molecule has 3 nitrogen and oxygen atoms in total. The molecule has 0 spiro atoms. The molecule has 0 aliphatic rings. The molecule has 0 bridgehead atoms. The summed E-state index contributed by atoms with van der Waals surface area (Å²) in [6, 6.07) is 11.0. The van der Waals surface area contributed by atoms with Gasteiger partial charge in [-0.3, -0.25) is 0 Å². The highest BCUT2D eigenvalue weighted by Crippen LogP contribution is 2.25. The van der Waals surface area contributed by atoms with E-state index >= 15 is 0 Å². The molecule has 0 radical (unpaired) electrons. The summed E-state index contributed by atoms with van der Waals surface area (Å²) in [5.41, 5.74) is 0.792. The Morgan fingerprint density at radius 1 is 1.06 bits per heavy atom. The van der Waals surface area contributed by atoms with E-state index in [-0.39, 0.29) is 6.10 Å². The fourth-order valence-electron chi connectivity index (χ4n) is 1.77. The number of benzene rings is 1. The molecular formula is C15H18O3. The molecule has 0 aliphatic carbocycles. The van der Waals surface area contributed by atoms with Crippen molar-refractivity contribution < 1.29 is 14.3 Å². The minimum atomic E-state index is -0.730. The van der Waals surface area contributed by atoms with Crippen LogP contribution < -0.4 is 4.74 Å². The van der Waals surface area contributed by atoms with Crippen LogP contribution in [0.4, 0.5) is 0 Å². The van der Waals surface area contributed by atoms with Gasteiger partial charge in [-0.05, 0) is 50.6 Å². The quantitative estimate of drug-likeness (QED) is 0.898. The molecule has 3 heteroatoms. The van der Waals surface area contributed by atoms with E-state index in [4.69, 9.17) is 9.15 Å². The molecule has 1 N–H and O–H groups in total. The second-order valence-electron chi connectivity index (χ2n) is 4.59. The van der Waals surface area contributed by atoms with Crippen LogP contribution in [-0.2, 0) is 0 Å². The van der Waals surface area contributed by atoms with Crippen LogP contribution in [0.15, 0.2) is 40.8 Å². The normalized spacial score (nSPS) is 12.7. The maximum Gasteiger partial charge on any atom is 0.137 e. The molecule has 1 aromatic heterocycles. The van der Waals surface area contributed by atoms with Crippen LogP contribution in [-0.4, -0.2) is 11.2 Å². The number of ether oxygens (including phenoxy) is 1. The smallest absolute Gasteiger partial charge is 0.137 e. The summed E-state index contributed by atoms with van der Waals surface area (Å²) >= 11 is 0. The van der Waals surface area contributed by atoms with Crippen LogP contribution in [0.25, 0.3) is 0 Å². The maximum absolute atomic E-state index is 10.1. The third-order valence-electron chi connectivity index (χ3n) is 2.60. The highest BCUT2D eigenvalue weighted by molar-refractivity contribution is 5.31. The minimum Gasteiger partial charge on any atom is -0.491 e. The summed E-state index contributed by atoms with van der Waals surface area (Å²) in [5.74, 6) is 2.16. The molecule has 96 valence electrons. The van der Waals surface area contributed by atoms with E-state index in [0.29, 0.717) is 5.76 Å². The summed E-state index contributed by atoms with van der Waals surface area (Å²) in [5, 5.41) is 10.1. The average molecular weight is 246 g/mol. The second-order valence-corrected chi connectivity index (χ2v) is 4.59. The van der Waals surface area contributed by atoms with Gasteiger partial charge in [-0.15, -0.1) is 0 Å². The van der Waals surface area contributed by atoms with E-state index in [2.05, 4.69) is 0 Å². The van der Waals surface area contributed by atoms with Crippen LogP contribution in [0, 0.1) is 6.92 Å². The molecule has 18 heavy (non-hydrogen) atoms. The number of furan rings is 1. The summed E-state index contributed by atoms with van der Waals surface area (Å²) in [4.78, 5) is 0. The zero-order valence-corrected chi connectivity index (χ0v) is 10.9. The van der Waals surface area contributed by atoms with Crippen molar-refractivity contribution >= 4 is 0 Å². The lowest BCUT2D eigenvalue weighted by molar-refractivity contribution is 0.187. The highest BCUT2D eigenvalue weighted by atomic mass is 16.5. The van der Waals surface area contributed by atoms with E-state index in [1.165, 1.54) is 0 Å². The van der Waals surface area contributed by atoms with Gasteiger partial charge in [0.15, 0.2) is 0 Å². The molecular weight excluding hydrogens is 228 g/mol. The van der Waals surface area contributed by atoms with Gasteiger partial charge in [-0.1, -0.05) is 12.1 Å². The fourth-order valence-corrected chi connectivity index (χ4v) is 1.77. The van der Waals surface area contributed by atoms with Crippen molar-refractivity contribution in [1.82, 2.24) is 0 Å². The van der Waals surface area contributed by atoms with Crippen LogP contribution >= 0.6 is 0 Å². The third-order valence-corrected chi connectivity index (χ3v) is 2.60.